The first-order valence-electron chi connectivity index (χ1n) is 8.71. The van der Waals surface area contributed by atoms with Crippen LogP contribution in [0.15, 0.2) is 29.6 Å². The van der Waals surface area contributed by atoms with Crippen molar-refractivity contribution >= 4 is 17.2 Å². The number of amides is 1. The summed E-state index contributed by atoms with van der Waals surface area (Å²) in [5.41, 5.74) is 2.28. The number of carbonyl (C=O) groups is 1. The molecule has 6 heteroatoms. The van der Waals surface area contributed by atoms with Gasteiger partial charge in [0.25, 0.3) is 0 Å². The van der Waals surface area contributed by atoms with Crippen molar-refractivity contribution < 1.29 is 9.53 Å². The molecule has 2 aliphatic rings. The number of hydrogen-bond donors (Lipinski definition) is 0. The van der Waals surface area contributed by atoms with E-state index in [0.717, 1.165) is 36.0 Å². The highest BCUT2D eigenvalue weighted by Crippen LogP contribution is 2.34. The van der Waals surface area contributed by atoms with E-state index in [1.54, 1.807) is 18.4 Å². The summed E-state index contributed by atoms with van der Waals surface area (Å²) in [5, 5.41) is 3.13. The van der Waals surface area contributed by atoms with E-state index in [0.29, 0.717) is 25.0 Å². The number of aromatic nitrogens is 1. The molecule has 0 bridgehead atoms. The van der Waals surface area contributed by atoms with Crippen molar-refractivity contribution in [2.75, 3.05) is 13.7 Å². The fourth-order valence-corrected chi connectivity index (χ4v) is 4.64. The summed E-state index contributed by atoms with van der Waals surface area (Å²) in [5.74, 6) is 1.14. The number of likely N-dealkylation sites (tertiary alicyclic amines) is 2. The second kappa shape index (κ2) is 6.77. The molecule has 0 spiro atoms. The Hall–Kier alpha value is -1.92. The Kier molecular flexibility index (Phi) is 4.48. The van der Waals surface area contributed by atoms with Gasteiger partial charge in [0.15, 0.2) is 0 Å². The van der Waals surface area contributed by atoms with Gasteiger partial charge in [-0.1, -0.05) is 12.1 Å². The molecule has 0 radical (unpaired) electrons. The molecule has 2 fully saturated rings. The number of carbonyl (C=O) groups excluding carboxylic acids is 1. The van der Waals surface area contributed by atoms with Crippen LogP contribution in [0.5, 0.6) is 5.75 Å². The van der Waals surface area contributed by atoms with E-state index in [2.05, 4.69) is 27.4 Å². The van der Waals surface area contributed by atoms with Crippen LogP contribution in [-0.2, 0) is 17.9 Å². The van der Waals surface area contributed by atoms with E-state index in [9.17, 15) is 4.79 Å². The molecule has 5 nitrogen and oxygen atoms in total. The summed E-state index contributed by atoms with van der Waals surface area (Å²) in [6.45, 7) is 4.60. The summed E-state index contributed by atoms with van der Waals surface area (Å²) >= 11 is 1.65. The van der Waals surface area contributed by atoms with Gasteiger partial charge in [0, 0.05) is 37.0 Å². The molecule has 1 aromatic heterocycles. The largest absolute Gasteiger partial charge is 0.497 e. The number of aryl methyl sites for hydroxylation is 1. The van der Waals surface area contributed by atoms with Crippen molar-refractivity contribution in [2.24, 2.45) is 0 Å². The van der Waals surface area contributed by atoms with E-state index >= 15 is 0 Å². The normalized spacial score (nSPS) is 23.3. The molecule has 0 saturated carbocycles. The van der Waals surface area contributed by atoms with Crippen LogP contribution in [0.4, 0.5) is 0 Å². The lowest BCUT2D eigenvalue weighted by Gasteiger charge is -2.25. The highest BCUT2D eigenvalue weighted by Gasteiger charge is 2.46. The van der Waals surface area contributed by atoms with Crippen LogP contribution in [0.25, 0.3) is 0 Å². The van der Waals surface area contributed by atoms with Gasteiger partial charge in [-0.15, -0.1) is 11.3 Å². The minimum Gasteiger partial charge on any atom is -0.497 e. The molecule has 3 heterocycles. The fraction of sp³-hybridized carbons (Fsp3) is 0.474. The molecule has 2 atom stereocenters. The number of ether oxygens (including phenoxy) is 1. The number of thiazole rings is 1. The Labute approximate surface area is 152 Å². The Morgan fingerprint density at radius 1 is 1.24 bits per heavy atom. The van der Waals surface area contributed by atoms with Crippen LogP contribution >= 0.6 is 11.3 Å². The van der Waals surface area contributed by atoms with Crippen LogP contribution in [-0.4, -0.2) is 46.4 Å². The highest BCUT2D eigenvalue weighted by molar-refractivity contribution is 7.09. The molecule has 4 rings (SSSR count). The van der Waals surface area contributed by atoms with Gasteiger partial charge in [0.1, 0.15) is 5.75 Å². The van der Waals surface area contributed by atoms with Crippen molar-refractivity contribution in [3.63, 3.8) is 0 Å². The van der Waals surface area contributed by atoms with E-state index in [4.69, 9.17) is 4.74 Å². The minimum atomic E-state index is 0.264. The number of fused-ring (bicyclic) bond motifs is 1. The molecule has 1 aromatic carbocycles. The van der Waals surface area contributed by atoms with E-state index in [1.807, 2.05) is 24.0 Å². The monoisotopic (exact) mass is 357 g/mol. The van der Waals surface area contributed by atoms with Crippen LogP contribution in [0.3, 0.4) is 0 Å². The zero-order chi connectivity index (χ0) is 17.4. The molecule has 2 aliphatic heterocycles. The summed E-state index contributed by atoms with van der Waals surface area (Å²) in [6.07, 6.45) is 1.68. The van der Waals surface area contributed by atoms with Crippen LogP contribution in [0, 0.1) is 6.92 Å². The van der Waals surface area contributed by atoms with Gasteiger partial charge in [-0.05, 0) is 31.0 Å². The molecule has 132 valence electrons. The lowest BCUT2D eigenvalue weighted by molar-refractivity contribution is -0.129. The minimum absolute atomic E-state index is 0.264. The fourth-order valence-electron chi connectivity index (χ4n) is 4.03. The summed E-state index contributed by atoms with van der Waals surface area (Å²) in [6, 6.07) is 8.87. The molecule has 0 unspecified atom stereocenters. The van der Waals surface area contributed by atoms with E-state index in [1.165, 1.54) is 5.56 Å². The first kappa shape index (κ1) is 16.5. The highest BCUT2D eigenvalue weighted by atomic mass is 32.1. The van der Waals surface area contributed by atoms with Crippen molar-refractivity contribution in [2.45, 2.75) is 44.9 Å². The number of rotatable bonds is 5. The standard InChI is InChI=1S/C19H23N3O2S/c1-13-20-15(12-25-13)11-22-17-7-8-21(18(17)9-19(22)23)10-14-3-5-16(24-2)6-4-14/h3-6,12,17-18H,7-11H2,1-2H3/t17-,18+/m1/s1. The smallest absolute Gasteiger partial charge is 0.224 e. The van der Waals surface area contributed by atoms with Gasteiger partial charge in [0.2, 0.25) is 5.91 Å². The molecule has 2 aromatic rings. The SMILES string of the molecule is COc1ccc(CN2CC[C@@H]3[C@@H]2CC(=O)N3Cc2csc(C)n2)cc1. The molecule has 2 saturated heterocycles. The molecular formula is C19H23N3O2S. The van der Waals surface area contributed by atoms with Gasteiger partial charge < -0.3 is 9.64 Å². The van der Waals surface area contributed by atoms with Gasteiger partial charge >= 0.3 is 0 Å². The van der Waals surface area contributed by atoms with Gasteiger partial charge in [-0.25, -0.2) is 4.98 Å². The van der Waals surface area contributed by atoms with Crippen LogP contribution in [0.2, 0.25) is 0 Å². The van der Waals surface area contributed by atoms with Gasteiger partial charge in [0.05, 0.1) is 24.4 Å². The lowest BCUT2D eigenvalue weighted by Crippen LogP contribution is -2.36. The summed E-state index contributed by atoms with van der Waals surface area (Å²) in [4.78, 5) is 21.6. The van der Waals surface area contributed by atoms with Gasteiger partial charge in [-0.2, -0.15) is 0 Å². The second-order valence-corrected chi connectivity index (χ2v) is 7.89. The summed E-state index contributed by atoms with van der Waals surface area (Å²) in [7, 11) is 1.68. The number of nitrogens with zero attached hydrogens (tertiary/aromatic N) is 3. The molecule has 0 N–H and O–H groups in total. The maximum absolute atomic E-state index is 12.5. The first-order chi connectivity index (χ1) is 12.1. The molecular weight excluding hydrogens is 334 g/mol. The predicted octanol–water partition coefficient (Wildman–Crippen LogP) is 2.84. The van der Waals surface area contributed by atoms with E-state index in [-0.39, 0.29) is 5.91 Å². The van der Waals surface area contributed by atoms with Crippen molar-refractivity contribution in [3.05, 3.63) is 45.9 Å². The Bertz CT molecular complexity index is 758. The number of benzene rings is 1. The van der Waals surface area contributed by atoms with E-state index < -0.39 is 0 Å². The van der Waals surface area contributed by atoms with Crippen molar-refractivity contribution in [3.8, 4) is 5.75 Å². The Balaban J connectivity index is 1.43. The summed E-state index contributed by atoms with van der Waals surface area (Å²) < 4.78 is 5.22. The van der Waals surface area contributed by atoms with Crippen molar-refractivity contribution in [1.82, 2.24) is 14.8 Å². The Morgan fingerprint density at radius 2 is 2.04 bits per heavy atom. The second-order valence-electron chi connectivity index (χ2n) is 6.83. The zero-order valence-electron chi connectivity index (χ0n) is 14.6. The number of hydrogen-bond acceptors (Lipinski definition) is 5. The van der Waals surface area contributed by atoms with Crippen molar-refractivity contribution in [1.29, 1.82) is 0 Å². The third-order valence-corrected chi connectivity index (χ3v) is 6.10. The van der Waals surface area contributed by atoms with Gasteiger partial charge in [-0.3, -0.25) is 9.69 Å². The predicted molar refractivity (Wildman–Crippen MR) is 97.6 cm³/mol. The lowest BCUT2D eigenvalue weighted by atomic mass is 10.1. The topological polar surface area (TPSA) is 45.7 Å². The first-order valence-corrected chi connectivity index (χ1v) is 9.59. The van der Waals surface area contributed by atoms with Crippen LogP contribution in [0.1, 0.15) is 29.1 Å². The molecule has 0 aliphatic carbocycles. The third kappa shape index (κ3) is 3.28. The molecule has 25 heavy (non-hydrogen) atoms. The zero-order valence-corrected chi connectivity index (χ0v) is 15.5. The quantitative estimate of drug-likeness (QED) is 0.825. The van der Waals surface area contributed by atoms with Crippen LogP contribution < -0.4 is 4.74 Å². The maximum atomic E-state index is 12.5. The molecule has 1 amide bonds. The number of methoxy groups -OCH3 is 1. The Morgan fingerprint density at radius 3 is 2.72 bits per heavy atom. The maximum Gasteiger partial charge on any atom is 0.224 e. The third-order valence-electron chi connectivity index (χ3n) is 5.27. The average Bonchev–Trinajstić information content (AvgIpc) is 3.28. The average molecular weight is 357 g/mol.